The number of carbonyl (C=O) groups is 3. The highest BCUT2D eigenvalue weighted by Crippen LogP contribution is 2.34. The summed E-state index contributed by atoms with van der Waals surface area (Å²) in [6.07, 6.45) is 2.45. The molecule has 3 aromatic carbocycles. The summed E-state index contributed by atoms with van der Waals surface area (Å²) in [7, 11) is 1.88. The van der Waals surface area contributed by atoms with Crippen molar-refractivity contribution in [3.63, 3.8) is 0 Å². The zero-order valence-electron chi connectivity index (χ0n) is 21.9. The van der Waals surface area contributed by atoms with Gasteiger partial charge in [-0.05, 0) is 54.9 Å². The average Bonchev–Trinajstić information content (AvgIpc) is 3.08. The van der Waals surface area contributed by atoms with E-state index in [0.717, 1.165) is 45.6 Å². The number of hydrogen-bond donors (Lipinski definition) is 3. The Morgan fingerprint density at radius 2 is 1.76 bits per heavy atom. The number of anilines is 1. The number of nitrogens with zero attached hydrogens (tertiary/aromatic N) is 1. The van der Waals surface area contributed by atoms with Gasteiger partial charge in [-0.15, -0.1) is 11.8 Å². The molecule has 8 heteroatoms. The summed E-state index contributed by atoms with van der Waals surface area (Å²) in [6.45, 7) is 1.81. The van der Waals surface area contributed by atoms with Crippen molar-refractivity contribution in [2.45, 2.75) is 43.0 Å². The maximum atomic E-state index is 13.0. The molecule has 1 heterocycles. The summed E-state index contributed by atoms with van der Waals surface area (Å²) in [4.78, 5) is 41.6. The van der Waals surface area contributed by atoms with Crippen LogP contribution >= 0.6 is 11.8 Å². The molecule has 1 atom stereocenters. The summed E-state index contributed by atoms with van der Waals surface area (Å²) >= 11 is 1.69. The van der Waals surface area contributed by atoms with Gasteiger partial charge < -0.3 is 20.9 Å². The van der Waals surface area contributed by atoms with E-state index in [0.29, 0.717) is 32.4 Å². The van der Waals surface area contributed by atoms with Crippen LogP contribution in [-0.4, -0.2) is 56.2 Å². The molecule has 0 aromatic heterocycles. The molecule has 0 aliphatic carbocycles. The van der Waals surface area contributed by atoms with Crippen molar-refractivity contribution in [1.82, 2.24) is 16.0 Å². The molecule has 0 fully saturated rings. The van der Waals surface area contributed by atoms with E-state index in [1.54, 1.807) is 16.7 Å². The van der Waals surface area contributed by atoms with E-state index in [9.17, 15) is 14.4 Å². The van der Waals surface area contributed by atoms with E-state index < -0.39 is 6.04 Å². The number of hydrogen-bond acceptors (Lipinski definition) is 5. The van der Waals surface area contributed by atoms with Crippen molar-refractivity contribution in [2.75, 3.05) is 37.3 Å². The second kappa shape index (κ2) is 14.0. The summed E-state index contributed by atoms with van der Waals surface area (Å²) in [6, 6.07) is 21.5. The molecule has 1 aliphatic heterocycles. The minimum atomic E-state index is -0.671. The van der Waals surface area contributed by atoms with Crippen molar-refractivity contribution < 1.29 is 14.4 Å². The Labute approximate surface area is 228 Å². The molecule has 0 bridgehead atoms. The maximum Gasteiger partial charge on any atom is 0.242 e. The van der Waals surface area contributed by atoms with Gasteiger partial charge in [-0.1, -0.05) is 54.6 Å². The van der Waals surface area contributed by atoms with Gasteiger partial charge in [-0.2, -0.15) is 0 Å². The van der Waals surface area contributed by atoms with Crippen LogP contribution < -0.4 is 20.9 Å². The van der Waals surface area contributed by atoms with Crippen molar-refractivity contribution >= 4 is 45.9 Å². The van der Waals surface area contributed by atoms with Gasteiger partial charge in [0, 0.05) is 43.0 Å². The van der Waals surface area contributed by atoms with Crippen LogP contribution in [-0.2, 0) is 20.8 Å². The number of amides is 3. The third-order valence-corrected chi connectivity index (χ3v) is 7.69. The fourth-order valence-electron chi connectivity index (χ4n) is 4.64. The Balaban J connectivity index is 1.38. The van der Waals surface area contributed by atoms with Crippen molar-refractivity contribution in [1.29, 1.82) is 0 Å². The van der Waals surface area contributed by atoms with Crippen LogP contribution in [0, 0.1) is 0 Å². The fraction of sp³-hybridized carbons (Fsp3) is 0.367. The highest BCUT2D eigenvalue weighted by atomic mass is 32.2. The second-order valence-electron chi connectivity index (χ2n) is 9.47. The van der Waals surface area contributed by atoms with E-state index in [4.69, 9.17) is 0 Å². The van der Waals surface area contributed by atoms with Crippen LogP contribution in [0.1, 0.15) is 31.2 Å². The number of rotatable bonds is 12. The van der Waals surface area contributed by atoms with Gasteiger partial charge in [0.1, 0.15) is 6.04 Å². The van der Waals surface area contributed by atoms with E-state index in [2.05, 4.69) is 28.1 Å². The van der Waals surface area contributed by atoms with Gasteiger partial charge in [0.25, 0.3) is 0 Å². The molecule has 3 aromatic rings. The smallest absolute Gasteiger partial charge is 0.242 e. The lowest BCUT2D eigenvalue weighted by Gasteiger charge is -2.23. The quantitative estimate of drug-likeness (QED) is 0.308. The van der Waals surface area contributed by atoms with Crippen LogP contribution in [0.4, 0.5) is 5.69 Å². The van der Waals surface area contributed by atoms with Crippen LogP contribution in [0.3, 0.4) is 0 Å². The number of para-hydroxylation sites is 1. The Hall–Kier alpha value is -3.36. The van der Waals surface area contributed by atoms with Gasteiger partial charge in [-0.3, -0.25) is 14.4 Å². The Morgan fingerprint density at radius 3 is 2.61 bits per heavy atom. The van der Waals surface area contributed by atoms with Gasteiger partial charge in [0.15, 0.2) is 0 Å². The van der Waals surface area contributed by atoms with Crippen LogP contribution in [0.15, 0.2) is 71.6 Å². The minimum absolute atomic E-state index is 0.0815. The number of fused-ring (bicyclic) bond motifs is 2. The lowest BCUT2D eigenvalue weighted by molar-refractivity contribution is -0.129. The Morgan fingerprint density at radius 1 is 0.974 bits per heavy atom. The first-order valence-electron chi connectivity index (χ1n) is 13.3. The van der Waals surface area contributed by atoms with Crippen LogP contribution in [0.25, 0.3) is 10.8 Å². The van der Waals surface area contributed by atoms with E-state index >= 15 is 0 Å². The Kier molecular flexibility index (Phi) is 10.2. The summed E-state index contributed by atoms with van der Waals surface area (Å²) in [5.74, 6) is 0.465. The lowest BCUT2D eigenvalue weighted by Crippen LogP contribution is -2.48. The number of nitrogens with one attached hydrogen (secondary N) is 3. The first-order chi connectivity index (χ1) is 18.5. The third kappa shape index (κ3) is 7.58. The molecule has 0 radical (unpaired) electrons. The molecule has 1 aliphatic rings. The van der Waals surface area contributed by atoms with Gasteiger partial charge in [0.2, 0.25) is 17.7 Å². The van der Waals surface area contributed by atoms with E-state index in [1.165, 1.54) is 0 Å². The zero-order chi connectivity index (χ0) is 26.7. The molecule has 0 saturated carbocycles. The minimum Gasteiger partial charge on any atom is -0.354 e. The fourth-order valence-corrected chi connectivity index (χ4v) is 5.64. The molecule has 3 amide bonds. The van der Waals surface area contributed by atoms with E-state index in [1.807, 2.05) is 61.6 Å². The molecule has 200 valence electrons. The number of benzene rings is 3. The van der Waals surface area contributed by atoms with Gasteiger partial charge in [-0.25, -0.2) is 0 Å². The standard InChI is InChI=1S/C30H36N4O3S/c1-31-16-7-17-32-30(37)25(21-22-13-14-23-8-2-3-9-24(23)20-22)33-28(35)12-6-18-34-26-10-4-5-11-27(26)38-19-15-29(34)36/h2-5,8-11,13-14,20,25,31H,6-7,12,15-19,21H2,1H3,(H,32,37)(H,33,35). The molecule has 3 N–H and O–H groups in total. The van der Waals surface area contributed by atoms with Gasteiger partial charge in [0.05, 0.1) is 5.69 Å². The molecule has 4 rings (SSSR count). The monoisotopic (exact) mass is 532 g/mol. The predicted molar refractivity (Wildman–Crippen MR) is 155 cm³/mol. The highest BCUT2D eigenvalue weighted by Gasteiger charge is 2.24. The van der Waals surface area contributed by atoms with Crippen molar-refractivity contribution in [3.8, 4) is 0 Å². The highest BCUT2D eigenvalue weighted by molar-refractivity contribution is 7.99. The SMILES string of the molecule is CNCCCNC(=O)C(Cc1ccc2ccccc2c1)NC(=O)CCCN1C(=O)CCSc2ccccc21. The molecule has 7 nitrogen and oxygen atoms in total. The average molecular weight is 533 g/mol. The van der Waals surface area contributed by atoms with Crippen LogP contribution in [0.5, 0.6) is 0 Å². The topological polar surface area (TPSA) is 90.5 Å². The largest absolute Gasteiger partial charge is 0.354 e. The molecule has 0 spiro atoms. The summed E-state index contributed by atoms with van der Waals surface area (Å²) in [5, 5.41) is 11.2. The first-order valence-corrected chi connectivity index (χ1v) is 14.3. The predicted octanol–water partition coefficient (Wildman–Crippen LogP) is 3.90. The van der Waals surface area contributed by atoms with Crippen LogP contribution in [0.2, 0.25) is 0 Å². The normalized spacial score (nSPS) is 14.0. The molecule has 38 heavy (non-hydrogen) atoms. The summed E-state index contributed by atoms with van der Waals surface area (Å²) < 4.78 is 0. The Bertz CT molecular complexity index is 1260. The number of carbonyl (C=O) groups excluding carboxylic acids is 3. The molecular formula is C30H36N4O3S. The molecule has 0 saturated heterocycles. The van der Waals surface area contributed by atoms with Crippen molar-refractivity contribution in [3.05, 3.63) is 72.3 Å². The second-order valence-corrected chi connectivity index (χ2v) is 10.6. The summed E-state index contributed by atoms with van der Waals surface area (Å²) in [5.41, 5.74) is 1.90. The zero-order valence-corrected chi connectivity index (χ0v) is 22.7. The molecular weight excluding hydrogens is 496 g/mol. The number of thioether (sulfide) groups is 1. The van der Waals surface area contributed by atoms with Crippen molar-refractivity contribution in [2.24, 2.45) is 0 Å². The maximum absolute atomic E-state index is 13.0. The first kappa shape index (κ1) is 27.7. The lowest BCUT2D eigenvalue weighted by atomic mass is 10.0. The van der Waals surface area contributed by atoms with Gasteiger partial charge >= 0.3 is 0 Å². The molecule has 1 unspecified atom stereocenters. The third-order valence-electron chi connectivity index (χ3n) is 6.62. The van der Waals surface area contributed by atoms with E-state index in [-0.39, 0.29) is 24.1 Å².